The monoisotopic (exact) mass is 282 g/mol. The van der Waals surface area contributed by atoms with E-state index in [4.69, 9.17) is 15.2 Å². The van der Waals surface area contributed by atoms with Crippen molar-refractivity contribution in [2.75, 3.05) is 26.1 Å². The first-order valence-electron chi connectivity index (χ1n) is 5.98. The van der Waals surface area contributed by atoms with Crippen LogP contribution in [-0.4, -0.2) is 38.7 Å². The number of ether oxygens (including phenoxy) is 3. The molecule has 1 amide bonds. The average molecular weight is 282 g/mol. The van der Waals surface area contributed by atoms with Crippen LogP contribution in [0.25, 0.3) is 0 Å². The maximum absolute atomic E-state index is 11.8. The summed E-state index contributed by atoms with van der Waals surface area (Å²) < 4.78 is 14.9. The van der Waals surface area contributed by atoms with Crippen LogP contribution >= 0.6 is 0 Å². The molecule has 1 aromatic carbocycles. The molecule has 1 aromatic rings. The van der Waals surface area contributed by atoms with E-state index < -0.39 is 17.9 Å². The van der Waals surface area contributed by atoms with Gasteiger partial charge in [-0.2, -0.15) is 0 Å². The predicted octanol–water partition coefficient (Wildman–Crippen LogP) is 0.533. The molecule has 0 bridgehead atoms. The second kappa shape index (κ2) is 7.34. The Morgan fingerprint density at radius 1 is 1.25 bits per heavy atom. The summed E-state index contributed by atoms with van der Waals surface area (Å²) in [5.41, 5.74) is 5.92. The van der Waals surface area contributed by atoms with Crippen LogP contribution in [0.5, 0.6) is 11.5 Å². The lowest BCUT2D eigenvalue weighted by molar-refractivity contribution is -0.146. The number of carbonyl (C=O) groups is 2. The summed E-state index contributed by atoms with van der Waals surface area (Å²) in [5, 5.41) is 2.51. The molecule has 3 N–H and O–H groups in total. The van der Waals surface area contributed by atoms with Crippen LogP contribution in [0.15, 0.2) is 18.2 Å². The fourth-order valence-corrected chi connectivity index (χ4v) is 1.47. The molecule has 0 aliphatic rings. The first-order valence-corrected chi connectivity index (χ1v) is 5.98. The highest BCUT2D eigenvalue weighted by atomic mass is 16.5. The molecular weight excluding hydrogens is 264 g/mol. The van der Waals surface area contributed by atoms with Crippen molar-refractivity contribution in [1.29, 1.82) is 0 Å². The van der Waals surface area contributed by atoms with Gasteiger partial charge in [0.1, 0.15) is 0 Å². The quantitative estimate of drug-likeness (QED) is 0.583. The molecule has 1 rings (SSSR count). The highest BCUT2D eigenvalue weighted by Crippen LogP contribution is 2.29. The Hall–Kier alpha value is -2.28. The fourth-order valence-electron chi connectivity index (χ4n) is 1.47. The number of benzene rings is 1. The Morgan fingerprint density at radius 3 is 2.45 bits per heavy atom. The van der Waals surface area contributed by atoms with Crippen molar-refractivity contribution in [3.8, 4) is 11.5 Å². The number of rotatable bonds is 6. The van der Waals surface area contributed by atoms with Crippen LogP contribution in [0.1, 0.15) is 6.92 Å². The molecule has 0 saturated heterocycles. The molecule has 0 aliphatic heterocycles. The second-order valence-electron chi connectivity index (χ2n) is 3.79. The molecule has 0 spiro atoms. The molecule has 0 fully saturated rings. The van der Waals surface area contributed by atoms with E-state index in [2.05, 4.69) is 10.1 Å². The highest BCUT2D eigenvalue weighted by Gasteiger charge is 2.23. The van der Waals surface area contributed by atoms with Crippen molar-refractivity contribution in [2.45, 2.75) is 13.0 Å². The minimum Gasteiger partial charge on any atom is -0.493 e. The summed E-state index contributed by atoms with van der Waals surface area (Å²) in [6, 6.07) is 3.43. The van der Waals surface area contributed by atoms with Crippen LogP contribution in [0.4, 0.5) is 5.69 Å². The lowest BCUT2D eigenvalue weighted by Crippen LogP contribution is -2.43. The van der Waals surface area contributed by atoms with E-state index >= 15 is 0 Å². The van der Waals surface area contributed by atoms with Crippen molar-refractivity contribution in [1.82, 2.24) is 0 Å². The normalized spacial score (nSPS) is 11.4. The molecule has 7 nitrogen and oxygen atoms in total. The van der Waals surface area contributed by atoms with Gasteiger partial charge in [0, 0.05) is 11.8 Å². The minimum atomic E-state index is -1.37. The SMILES string of the molecule is CCOC(=O)C(N)C(=O)Nc1ccc(OC)c(OC)c1. The first-order chi connectivity index (χ1) is 9.53. The Morgan fingerprint density at radius 2 is 1.90 bits per heavy atom. The van der Waals surface area contributed by atoms with Crippen molar-refractivity contribution in [2.24, 2.45) is 5.73 Å². The predicted molar refractivity (Wildman–Crippen MR) is 72.8 cm³/mol. The average Bonchev–Trinajstić information content (AvgIpc) is 2.46. The van der Waals surface area contributed by atoms with Crippen molar-refractivity contribution < 1.29 is 23.8 Å². The van der Waals surface area contributed by atoms with Crippen molar-refractivity contribution >= 4 is 17.6 Å². The molecule has 0 radical (unpaired) electrons. The third-order valence-electron chi connectivity index (χ3n) is 2.47. The van der Waals surface area contributed by atoms with Crippen LogP contribution in [0, 0.1) is 0 Å². The molecule has 110 valence electrons. The number of anilines is 1. The molecule has 0 heterocycles. The van der Waals surface area contributed by atoms with Gasteiger partial charge in [0.25, 0.3) is 5.91 Å². The molecule has 7 heteroatoms. The third-order valence-corrected chi connectivity index (χ3v) is 2.47. The number of nitrogens with two attached hydrogens (primary N) is 1. The number of carbonyl (C=O) groups excluding carboxylic acids is 2. The van der Waals surface area contributed by atoms with E-state index in [0.29, 0.717) is 17.2 Å². The number of hydrogen-bond acceptors (Lipinski definition) is 6. The van der Waals surface area contributed by atoms with Gasteiger partial charge >= 0.3 is 5.97 Å². The number of amides is 1. The molecule has 0 aliphatic carbocycles. The lowest BCUT2D eigenvalue weighted by Gasteiger charge is -2.13. The van der Waals surface area contributed by atoms with Crippen LogP contribution < -0.4 is 20.5 Å². The summed E-state index contributed by atoms with van der Waals surface area (Å²) in [4.78, 5) is 23.1. The topological polar surface area (TPSA) is 99.9 Å². The molecule has 1 unspecified atom stereocenters. The maximum atomic E-state index is 11.8. The summed E-state index contributed by atoms with van der Waals surface area (Å²) in [6.45, 7) is 1.80. The van der Waals surface area contributed by atoms with Gasteiger partial charge in [0.05, 0.1) is 20.8 Å². The highest BCUT2D eigenvalue weighted by molar-refractivity contribution is 6.08. The molecule has 0 saturated carbocycles. The Labute approximate surface area is 117 Å². The Balaban J connectivity index is 2.78. The fraction of sp³-hybridized carbons (Fsp3) is 0.385. The van der Waals surface area contributed by atoms with Gasteiger partial charge in [-0.15, -0.1) is 0 Å². The summed E-state index contributed by atoms with van der Waals surface area (Å²) in [7, 11) is 2.99. The molecule has 20 heavy (non-hydrogen) atoms. The molecule has 0 aromatic heterocycles. The zero-order valence-electron chi connectivity index (χ0n) is 11.6. The first kappa shape index (κ1) is 15.8. The van der Waals surface area contributed by atoms with E-state index in [0.717, 1.165) is 0 Å². The van der Waals surface area contributed by atoms with Gasteiger partial charge in [0.15, 0.2) is 17.5 Å². The zero-order valence-corrected chi connectivity index (χ0v) is 11.6. The Bertz CT molecular complexity index is 490. The van der Waals surface area contributed by atoms with E-state index in [-0.39, 0.29) is 6.61 Å². The van der Waals surface area contributed by atoms with Crippen LogP contribution in [0.2, 0.25) is 0 Å². The van der Waals surface area contributed by atoms with Gasteiger partial charge in [-0.25, -0.2) is 4.79 Å². The minimum absolute atomic E-state index is 0.163. The summed E-state index contributed by atoms with van der Waals surface area (Å²) in [5.74, 6) is -0.448. The van der Waals surface area contributed by atoms with Gasteiger partial charge in [-0.1, -0.05) is 0 Å². The maximum Gasteiger partial charge on any atom is 0.332 e. The smallest absolute Gasteiger partial charge is 0.332 e. The zero-order chi connectivity index (χ0) is 15.1. The van der Waals surface area contributed by atoms with Gasteiger partial charge < -0.3 is 25.3 Å². The number of nitrogens with one attached hydrogen (secondary N) is 1. The van der Waals surface area contributed by atoms with Crippen molar-refractivity contribution in [3.63, 3.8) is 0 Å². The summed E-state index contributed by atoms with van der Waals surface area (Å²) in [6.07, 6.45) is 0. The van der Waals surface area contributed by atoms with E-state index in [1.807, 2.05) is 0 Å². The third kappa shape index (κ3) is 3.86. The number of hydrogen-bond donors (Lipinski definition) is 2. The van der Waals surface area contributed by atoms with Crippen LogP contribution in [0.3, 0.4) is 0 Å². The number of methoxy groups -OCH3 is 2. The second-order valence-corrected chi connectivity index (χ2v) is 3.79. The molecular formula is C13H18N2O5. The van der Waals surface area contributed by atoms with E-state index in [9.17, 15) is 9.59 Å². The lowest BCUT2D eigenvalue weighted by atomic mass is 10.2. The van der Waals surface area contributed by atoms with Crippen molar-refractivity contribution in [3.05, 3.63) is 18.2 Å². The Kier molecular flexibility index (Phi) is 5.79. The largest absolute Gasteiger partial charge is 0.493 e. The standard InChI is InChI=1S/C13H18N2O5/c1-4-20-13(17)11(14)12(16)15-8-5-6-9(18-2)10(7-8)19-3/h5-7,11H,4,14H2,1-3H3,(H,15,16). The van der Waals surface area contributed by atoms with E-state index in [1.54, 1.807) is 25.1 Å². The summed E-state index contributed by atoms with van der Waals surface area (Å²) >= 11 is 0. The van der Waals surface area contributed by atoms with Crippen LogP contribution in [-0.2, 0) is 14.3 Å². The van der Waals surface area contributed by atoms with Gasteiger partial charge in [0.2, 0.25) is 0 Å². The van der Waals surface area contributed by atoms with Gasteiger partial charge in [-0.05, 0) is 19.1 Å². The number of esters is 1. The van der Waals surface area contributed by atoms with Gasteiger partial charge in [-0.3, -0.25) is 4.79 Å². The molecule has 1 atom stereocenters. The van der Waals surface area contributed by atoms with E-state index in [1.165, 1.54) is 14.2 Å².